The minimum Gasteiger partial charge on any atom is -0.512 e. The van der Waals surface area contributed by atoms with E-state index in [9.17, 15) is 4.79 Å². The molecule has 4 heteroatoms. The molecule has 0 unspecified atom stereocenters. The molecular weight excluding hydrogens is 502 g/mol. The number of carbonyl (C=O) groups excluding carboxylic acids is 1. The van der Waals surface area contributed by atoms with Crippen LogP contribution in [0.25, 0.3) is 22.2 Å². The summed E-state index contributed by atoms with van der Waals surface area (Å²) in [6.45, 7) is 7.04. The van der Waals surface area contributed by atoms with Gasteiger partial charge in [0.1, 0.15) is 0 Å². The molecule has 0 bridgehead atoms. The van der Waals surface area contributed by atoms with Crippen LogP contribution in [-0.2, 0) is 24.9 Å². The number of benzene rings is 2. The number of para-hydroxylation sites is 1. The van der Waals surface area contributed by atoms with Crippen LogP contribution in [0.3, 0.4) is 0 Å². The molecule has 1 N–H and O–H groups in total. The molecule has 1 heterocycles. The van der Waals surface area contributed by atoms with Crippen LogP contribution in [0, 0.1) is 19.9 Å². The quantitative estimate of drug-likeness (QED) is 0.279. The van der Waals surface area contributed by atoms with Gasteiger partial charge in [0.2, 0.25) is 0 Å². The van der Waals surface area contributed by atoms with E-state index in [0.717, 1.165) is 16.8 Å². The third-order valence-corrected chi connectivity index (χ3v) is 3.54. The Morgan fingerprint density at radius 1 is 1.12 bits per heavy atom. The number of hydrogen-bond donors (Lipinski definition) is 1. The molecule has 0 aliphatic carbocycles. The molecule has 1 aromatic heterocycles. The number of ketones is 1. The summed E-state index contributed by atoms with van der Waals surface area (Å²) >= 11 is 0. The van der Waals surface area contributed by atoms with Crippen molar-refractivity contribution >= 4 is 16.7 Å². The maximum Gasteiger partial charge on any atom is 0.155 e. The summed E-state index contributed by atoms with van der Waals surface area (Å²) in [4.78, 5) is 14.8. The van der Waals surface area contributed by atoms with Gasteiger partial charge in [-0.25, -0.2) is 0 Å². The number of nitrogens with zero attached hydrogens (tertiary/aromatic N) is 1. The summed E-state index contributed by atoms with van der Waals surface area (Å²) in [6.07, 6.45) is 1.17. The molecule has 0 saturated carbocycles. The molecule has 0 aliphatic rings. The number of pyridine rings is 1. The van der Waals surface area contributed by atoms with Crippen molar-refractivity contribution in [2.24, 2.45) is 0 Å². The summed E-state index contributed by atoms with van der Waals surface area (Å²) < 4.78 is 0. The third-order valence-electron chi connectivity index (χ3n) is 3.54. The Bertz CT molecular complexity index is 928. The Hall–Kier alpha value is -2.29. The number of hydrogen-bond acceptors (Lipinski definition) is 3. The van der Waals surface area contributed by atoms with Crippen molar-refractivity contribution in [1.29, 1.82) is 0 Å². The van der Waals surface area contributed by atoms with Crippen molar-refractivity contribution in [3.63, 3.8) is 0 Å². The Labute approximate surface area is 168 Å². The SMILES string of the molecule is CC(=O)/C=C(/C)O.Cc1cc[c-]c(-c2nc3ccccc3cc2C)c1.[Ir]. The van der Waals surface area contributed by atoms with Gasteiger partial charge in [-0.2, -0.15) is 0 Å². The summed E-state index contributed by atoms with van der Waals surface area (Å²) in [5.41, 5.74) is 5.55. The molecule has 2 aromatic carbocycles. The minimum absolute atomic E-state index is 0. The van der Waals surface area contributed by atoms with Crippen LogP contribution in [-0.4, -0.2) is 15.9 Å². The van der Waals surface area contributed by atoms with Crippen molar-refractivity contribution < 1.29 is 30.0 Å². The zero-order valence-corrected chi connectivity index (χ0v) is 17.7. The van der Waals surface area contributed by atoms with E-state index in [-0.39, 0.29) is 31.6 Å². The van der Waals surface area contributed by atoms with E-state index in [4.69, 9.17) is 10.1 Å². The van der Waals surface area contributed by atoms with Crippen molar-refractivity contribution in [3.05, 3.63) is 77.6 Å². The summed E-state index contributed by atoms with van der Waals surface area (Å²) in [7, 11) is 0. The third kappa shape index (κ3) is 6.21. The molecule has 3 aromatic rings. The molecule has 1 radical (unpaired) electrons. The molecule has 0 aliphatic heterocycles. The number of rotatable bonds is 2. The van der Waals surface area contributed by atoms with Crippen LogP contribution < -0.4 is 0 Å². The van der Waals surface area contributed by atoms with Gasteiger partial charge in [-0.1, -0.05) is 36.8 Å². The predicted octanol–water partition coefficient (Wildman–Crippen LogP) is 5.35. The van der Waals surface area contributed by atoms with Crippen LogP contribution in [0.4, 0.5) is 0 Å². The van der Waals surface area contributed by atoms with Gasteiger partial charge in [-0.05, 0) is 37.9 Å². The first-order valence-electron chi connectivity index (χ1n) is 8.10. The summed E-state index contributed by atoms with van der Waals surface area (Å²) in [5, 5.41) is 9.55. The van der Waals surface area contributed by atoms with E-state index in [1.807, 2.05) is 24.3 Å². The maximum absolute atomic E-state index is 10.0. The van der Waals surface area contributed by atoms with Gasteiger partial charge in [0.15, 0.2) is 5.78 Å². The molecule has 3 nitrogen and oxygen atoms in total. The zero-order valence-electron chi connectivity index (χ0n) is 15.3. The molecule has 0 spiro atoms. The van der Waals surface area contributed by atoms with Crippen molar-refractivity contribution in [1.82, 2.24) is 4.98 Å². The molecule has 26 heavy (non-hydrogen) atoms. The fourth-order valence-corrected chi connectivity index (χ4v) is 2.51. The molecule has 137 valence electrons. The van der Waals surface area contributed by atoms with Crippen LogP contribution in [0.5, 0.6) is 0 Å². The maximum atomic E-state index is 10.0. The van der Waals surface area contributed by atoms with E-state index in [1.54, 1.807) is 0 Å². The van der Waals surface area contributed by atoms with Crippen molar-refractivity contribution in [2.45, 2.75) is 27.7 Å². The van der Waals surface area contributed by atoms with Gasteiger partial charge < -0.3 is 5.11 Å². The van der Waals surface area contributed by atoms with Crippen molar-refractivity contribution in [2.75, 3.05) is 0 Å². The normalized spacial score (nSPS) is 10.5. The van der Waals surface area contributed by atoms with E-state index in [0.29, 0.717) is 0 Å². The summed E-state index contributed by atoms with van der Waals surface area (Å²) in [5.74, 6) is -0.0625. The first-order chi connectivity index (χ1) is 11.9. The number of aryl methyl sites for hydroxylation is 2. The summed E-state index contributed by atoms with van der Waals surface area (Å²) in [6, 6.07) is 19.8. The average molecular weight is 525 g/mol. The van der Waals surface area contributed by atoms with Crippen LogP contribution in [0.15, 0.2) is 60.4 Å². The average Bonchev–Trinajstić information content (AvgIpc) is 2.53. The second-order valence-electron chi connectivity index (χ2n) is 6.02. The molecule has 0 saturated heterocycles. The zero-order chi connectivity index (χ0) is 18.4. The molecule has 0 atom stereocenters. The monoisotopic (exact) mass is 525 g/mol. The Balaban J connectivity index is 0.000000366. The van der Waals surface area contributed by atoms with Gasteiger partial charge in [0.05, 0.1) is 11.3 Å². The number of fused-ring (bicyclic) bond motifs is 1. The van der Waals surface area contributed by atoms with Gasteiger partial charge in [-0.15, -0.1) is 35.4 Å². The molecule has 3 rings (SSSR count). The number of aliphatic hydroxyl groups is 1. The van der Waals surface area contributed by atoms with Gasteiger partial charge in [-0.3, -0.25) is 9.78 Å². The first-order valence-corrected chi connectivity index (χ1v) is 8.10. The van der Waals surface area contributed by atoms with Crippen LogP contribution in [0.1, 0.15) is 25.0 Å². The van der Waals surface area contributed by atoms with Gasteiger partial charge in [0.25, 0.3) is 0 Å². The molecule has 0 fully saturated rings. The minimum atomic E-state index is -0.125. The number of aliphatic hydroxyl groups excluding tert-OH is 1. The van der Waals surface area contributed by atoms with Gasteiger partial charge in [0, 0.05) is 26.2 Å². The fourth-order valence-electron chi connectivity index (χ4n) is 2.51. The van der Waals surface area contributed by atoms with E-state index >= 15 is 0 Å². The Kier molecular flexibility index (Phi) is 8.37. The van der Waals surface area contributed by atoms with E-state index in [2.05, 4.69) is 44.2 Å². The smallest absolute Gasteiger partial charge is 0.155 e. The Morgan fingerprint density at radius 3 is 2.38 bits per heavy atom. The fraction of sp³-hybridized carbons (Fsp3) is 0.182. The van der Waals surface area contributed by atoms with E-state index in [1.165, 1.54) is 36.4 Å². The number of allylic oxidation sites excluding steroid dienone is 2. The first kappa shape index (κ1) is 21.8. The molecule has 0 amide bonds. The second-order valence-corrected chi connectivity index (χ2v) is 6.02. The van der Waals surface area contributed by atoms with Crippen LogP contribution >= 0.6 is 0 Å². The van der Waals surface area contributed by atoms with E-state index < -0.39 is 0 Å². The topological polar surface area (TPSA) is 50.2 Å². The largest absolute Gasteiger partial charge is 0.512 e. The standard InChI is InChI=1S/C17H14N.C5H8O2.Ir/c1-12-6-5-8-15(10-12)17-13(2)11-14-7-3-4-9-16(14)18-17;1-4(6)3-5(2)7;/h3-7,9-11H,1-2H3;3,6H,1-2H3;/q-1;;/b;4-3-;. The predicted molar refractivity (Wildman–Crippen MR) is 103 cm³/mol. The number of aromatic nitrogens is 1. The van der Waals surface area contributed by atoms with Crippen molar-refractivity contribution in [3.8, 4) is 11.3 Å². The van der Waals surface area contributed by atoms with Gasteiger partial charge >= 0.3 is 0 Å². The number of carbonyl (C=O) groups is 1. The Morgan fingerprint density at radius 2 is 1.81 bits per heavy atom. The molecular formula is C22H22IrNO2-. The van der Waals surface area contributed by atoms with Crippen LogP contribution in [0.2, 0.25) is 0 Å². The second kappa shape index (κ2) is 10.0.